The third-order valence-corrected chi connectivity index (χ3v) is 7.30. The van der Waals surface area contributed by atoms with Crippen molar-refractivity contribution in [3.05, 3.63) is 95.6 Å². The highest BCUT2D eigenvalue weighted by Gasteiger charge is 2.25. The zero-order valence-electron chi connectivity index (χ0n) is 21.8. The Kier molecular flexibility index (Phi) is 8.68. The number of ether oxygens (including phenoxy) is 1. The fourth-order valence-electron chi connectivity index (χ4n) is 5.28. The van der Waals surface area contributed by atoms with Crippen LogP contribution in [0.1, 0.15) is 40.2 Å². The third-order valence-electron chi connectivity index (χ3n) is 7.30. The SMILES string of the molecule is O=C(NCCN1CCOCC1)c1cc(NC(=O)C(c2ccccc2)c2ccccc2)ccc1N1CCCC1. The van der Waals surface area contributed by atoms with Gasteiger partial charge in [-0.2, -0.15) is 0 Å². The van der Waals surface area contributed by atoms with E-state index >= 15 is 0 Å². The van der Waals surface area contributed by atoms with Gasteiger partial charge in [-0.1, -0.05) is 60.7 Å². The van der Waals surface area contributed by atoms with Gasteiger partial charge in [-0.15, -0.1) is 0 Å². The van der Waals surface area contributed by atoms with E-state index in [1.807, 2.05) is 78.9 Å². The summed E-state index contributed by atoms with van der Waals surface area (Å²) in [5.41, 5.74) is 3.99. The first-order valence-corrected chi connectivity index (χ1v) is 13.6. The molecule has 2 heterocycles. The highest BCUT2D eigenvalue weighted by molar-refractivity contribution is 6.03. The highest BCUT2D eigenvalue weighted by atomic mass is 16.5. The first-order valence-electron chi connectivity index (χ1n) is 13.6. The van der Waals surface area contributed by atoms with Gasteiger partial charge >= 0.3 is 0 Å². The average molecular weight is 513 g/mol. The summed E-state index contributed by atoms with van der Waals surface area (Å²) in [6, 6.07) is 25.3. The van der Waals surface area contributed by atoms with Crippen LogP contribution in [0.5, 0.6) is 0 Å². The lowest BCUT2D eigenvalue weighted by molar-refractivity contribution is -0.116. The van der Waals surface area contributed by atoms with Gasteiger partial charge in [-0.25, -0.2) is 0 Å². The molecule has 2 fully saturated rings. The molecule has 0 spiro atoms. The number of amides is 2. The Balaban J connectivity index is 1.35. The van der Waals surface area contributed by atoms with Crippen LogP contribution >= 0.6 is 0 Å². The predicted molar refractivity (Wildman–Crippen MR) is 151 cm³/mol. The summed E-state index contributed by atoms with van der Waals surface area (Å²) in [6.07, 6.45) is 2.23. The molecule has 0 aliphatic carbocycles. The van der Waals surface area contributed by atoms with E-state index in [1.165, 1.54) is 0 Å². The molecule has 198 valence electrons. The lowest BCUT2D eigenvalue weighted by Crippen LogP contribution is -2.41. The second kappa shape index (κ2) is 12.7. The molecule has 0 saturated carbocycles. The molecule has 2 saturated heterocycles. The Labute approximate surface area is 224 Å². The molecule has 5 rings (SSSR count). The number of hydrogen-bond acceptors (Lipinski definition) is 5. The molecule has 38 heavy (non-hydrogen) atoms. The van der Waals surface area contributed by atoms with Crippen molar-refractivity contribution >= 4 is 23.2 Å². The summed E-state index contributed by atoms with van der Waals surface area (Å²) in [7, 11) is 0. The Morgan fingerprint density at radius 1 is 0.816 bits per heavy atom. The largest absolute Gasteiger partial charge is 0.379 e. The normalized spacial score (nSPS) is 16.0. The number of anilines is 2. The number of carbonyl (C=O) groups is 2. The Morgan fingerprint density at radius 3 is 2.08 bits per heavy atom. The van der Waals surface area contributed by atoms with Crippen LogP contribution in [0.3, 0.4) is 0 Å². The van der Waals surface area contributed by atoms with Crippen molar-refractivity contribution in [3.63, 3.8) is 0 Å². The second-order valence-corrected chi connectivity index (χ2v) is 9.88. The summed E-state index contributed by atoms with van der Waals surface area (Å²) in [5, 5.41) is 6.20. The van der Waals surface area contributed by atoms with Crippen molar-refractivity contribution in [1.29, 1.82) is 0 Å². The molecule has 0 aromatic heterocycles. The molecule has 2 N–H and O–H groups in total. The van der Waals surface area contributed by atoms with E-state index in [-0.39, 0.29) is 11.8 Å². The molecule has 0 atom stereocenters. The molecule has 3 aromatic carbocycles. The fraction of sp³-hybridized carbons (Fsp3) is 0.355. The van der Waals surface area contributed by atoms with Crippen LogP contribution in [0.2, 0.25) is 0 Å². The summed E-state index contributed by atoms with van der Waals surface area (Å²) < 4.78 is 5.42. The molecule has 3 aromatic rings. The Hall–Kier alpha value is -3.68. The Bertz CT molecular complexity index is 1170. The molecule has 7 nitrogen and oxygen atoms in total. The third kappa shape index (κ3) is 6.41. The topological polar surface area (TPSA) is 73.9 Å². The van der Waals surface area contributed by atoms with Gasteiger partial charge in [0.25, 0.3) is 5.91 Å². The van der Waals surface area contributed by atoms with Crippen molar-refractivity contribution < 1.29 is 14.3 Å². The van der Waals surface area contributed by atoms with E-state index in [9.17, 15) is 9.59 Å². The summed E-state index contributed by atoms with van der Waals surface area (Å²) in [4.78, 5) is 31.6. The lowest BCUT2D eigenvalue weighted by atomic mass is 9.90. The molecular weight excluding hydrogens is 476 g/mol. The number of benzene rings is 3. The van der Waals surface area contributed by atoms with Gasteiger partial charge in [0, 0.05) is 50.6 Å². The standard InChI is InChI=1S/C31H36N4O3/c36-30(32-15-18-34-19-21-38-22-20-34)27-23-26(13-14-28(27)35-16-7-8-17-35)33-31(37)29(24-9-3-1-4-10-24)25-11-5-2-6-12-25/h1-6,9-14,23,29H,7-8,15-22H2,(H,32,36)(H,33,37). The monoisotopic (exact) mass is 512 g/mol. The van der Waals surface area contributed by atoms with Gasteiger partial charge in [0.1, 0.15) is 0 Å². The van der Waals surface area contributed by atoms with E-state index in [1.54, 1.807) is 0 Å². The van der Waals surface area contributed by atoms with Crippen LogP contribution in [-0.4, -0.2) is 69.2 Å². The van der Waals surface area contributed by atoms with Crippen LogP contribution in [-0.2, 0) is 9.53 Å². The minimum atomic E-state index is -0.457. The maximum absolute atomic E-state index is 13.6. The van der Waals surface area contributed by atoms with E-state index in [0.717, 1.165) is 75.6 Å². The summed E-state index contributed by atoms with van der Waals surface area (Å²) in [5.74, 6) is -0.699. The van der Waals surface area contributed by atoms with E-state index in [0.29, 0.717) is 17.8 Å². The molecular formula is C31H36N4O3. The minimum Gasteiger partial charge on any atom is -0.379 e. The average Bonchev–Trinajstić information content (AvgIpc) is 3.50. The lowest BCUT2D eigenvalue weighted by Gasteiger charge is -2.27. The van der Waals surface area contributed by atoms with Crippen LogP contribution in [0, 0.1) is 0 Å². The zero-order chi connectivity index (χ0) is 26.2. The molecule has 7 heteroatoms. The summed E-state index contributed by atoms with van der Waals surface area (Å²) >= 11 is 0. The number of nitrogens with zero attached hydrogens (tertiary/aromatic N) is 2. The van der Waals surface area contributed by atoms with E-state index in [2.05, 4.69) is 20.4 Å². The minimum absolute atomic E-state index is 0.112. The second-order valence-electron chi connectivity index (χ2n) is 9.88. The molecule has 2 amide bonds. The maximum Gasteiger partial charge on any atom is 0.253 e. The predicted octanol–water partition coefficient (Wildman–Crippen LogP) is 4.12. The van der Waals surface area contributed by atoms with Crippen molar-refractivity contribution in [2.45, 2.75) is 18.8 Å². The van der Waals surface area contributed by atoms with Gasteiger partial charge < -0.3 is 20.3 Å². The van der Waals surface area contributed by atoms with Crippen molar-refractivity contribution in [3.8, 4) is 0 Å². The van der Waals surface area contributed by atoms with E-state index in [4.69, 9.17) is 4.74 Å². The molecule has 0 unspecified atom stereocenters. The summed E-state index contributed by atoms with van der Waals surface area (Å²) in [6.45, 7) is 6.48. The molecule has 0 radical (unpaired) electrons. The zero-order valence-corrected chi connectivity index (χ0v) is 21.8. The number of nitrogens with one attached hydrogen (secondary N) is 2. The molecule has 0 bridgehead atoms. The molecule has 2 aliphatic heterocycles. The number of carbonyl (C=O) groups excluding carboxylic acids is 2. The van der Waals surface area contributed by atoms with Crippen LogP contribution in [0.25, 0.3) is 0 Å². The van der Waals surface area contributed by atoms with Crippen LogP contribution in [0.15, 0.2) is 78.9 Å². The first kappa shape index (κ1) is 25.9. The van der Waals surface area contributed by atoms with Crippen LogP contribution in [0.4, 0.5) is 11.4 Å². The smallest absolute Gasteiger partial charge is 0.253 e. The number of hydrogen-bond donors (Lipinski definition) is 2. The van der Waals surface area contributed by atoms with Crippen molar-refractivity contribution in [2.75, 3.05) is 62.7 Å². The number of rotatable bonds is 9. The van der Waals surface area contributed by atoms with E-state index < -0.39 is 5.92 Å². The number of morpholine rings is 1. The highest BCUT2D eigenvalue weighted by Crippen LogP contribution is 2.30. The quantitative estimate of drug-likeness (QED) is 0.451. The van der Waals surface area contributed by atoms with Gasteiger partial charge in [0.05, 0.1) is 24.7 Å². The van der Waals surface area contributed by atoms with Gasteiger partial charge in [-0.3, -0.25) is 14.5 Å². The molecule has 2 aliphatic rings. The van der Waals surface area contributed by atoms with Crippen molar-refractivity contribution in [2.24, 2.45) is 0 Å². The Morgan fingerprint density at radius 2 is 1.45 bits per heavy atom. The fourth-order valence-corrected chi connectivity index (χ4v) is 5.28. The van der Waals surface area contributed by atoms with Gasteiger partial charge in [0.2, 0.25) is 5.91 Å². The van der Waals surface area contributed by atoms with Crippen molar-refractivity contribution in [1.82, 2.24) is 10.2 Å². The van der Waals surface area contributed by atoms with Gasteiger partial charge in [-0.05, 0) is 42.2 Å². The maximum atomic E-state index is 13.6. The first-order chi connectivity index (χ1) is 18.7. The van der Waals surface area contributed by atoms with Crippen LogP contribution < -0.4 is 15.5 Å². The van der Waals surface area contributed by atoms with Gasteiger partial charge in [0.15, 0.2) is 0 Å².